The minimum atomic E-state index is -0.503. The van der Waals surface area contributed by atoms with E-state index in [0.29, 0.717) is 30.5 Å². The Morgan fingerprint density at radius 3 is 2.49 bits per heavy atom. The van der Waals surface area contributed by atoms with Crippen molar-refractivity contribution in [1.29, 1.82) is 0 Å². The standard InChI is InChI=1S/C34H39FN4O2/c1-3-24-5-9-30(29(26(4-2)21-24)10-6-25-7-12-33(36)37-23-25)27-8-11-31(32(35)22-27)34(40)39-17-15-38(16-18-39)28-13-19-41-20-14-28/h5,7-9,11-12,22-23,28H,3-4,13-21H2,1-2H3,(H2,36,37). The van der Waals surface area contributed by atoms with E-state index >= 15 is 4.39 Å². The van der Waals surface area contributed by atoms with Gasteiger partial charge in [0, 0.05) is 62.8 Å². The number of rotatable bonds is 5. The number of hydrogen-bond acceptors (Lipinski definition) is 5. The second kappa shape index (κ2) is 13.3. The molecule has 6 nitrogen and oxygen atoms in total. The van der Waals surface area contributed by atoms with Crippen LogP contribution in [0.1, 0.15) is 67.4 Å². The van der Waals surface area contributed by atoms with Crippen molar-refractivity contribution in [3.8, 4) is 11.8 Å². The second-order valence-electron chi connectivity index (χ2n) is 10.9. The Kier molecular flexibility index (Phi) is 9.33. The van der Waals surface area contributed by atoms with Crippen molar-refractivity contribution >= 4 is 17.3 Å². The minimum Gasteiger partial charge on any atom is -0.384 e. The number of amides is 1. The molecule has 41 heavy (non-hydrogen) atoms. The summed E-state index contributed by atoms with van der Waals surface area (Å²) in [6, 6.07) is 9.07. The van der Waals surface area contributed by atoms with E-state index in [2.05, 4.69) is 41.6 Å². The van der Waals surface area contributed by atoms with Gasteiger partial charge in [-0.2, -0.15) is 0 Å². The lowest BCUT2D eigenvalue weighted by Crippen LogP contribution is -2.53. The van der Waals surface area contributed by atoms with E-state index in [-0.39, 0.29) is 11.5 Å². The number of carbonyl (C=O) groups is 1. The van der Waals surface area contributed by atoms with Crippen LogP contribution in [0.4, 0.5) is 10.2 Å². The zero-order valence-electron chi connectivity index (χ0n) is 24.1. The maximum absolute atomic E-state index is 15.6. The number of piperazine rings is 1. The number of benzene rings is 1. The van der Waals surface area contributed by atoms with Crippen LogP contribution in [0.15, 0.2) is 65.4 Å². The molecule has 3 aliphatic rings. The summed E-state index contributed by atoms with van der Waals surface area (Å²) in [6.45, 7) is 8.71. The molecule has 214 valence electrons. The molecule has 2 saturated heterocycles. The third-order valence-electron chi connectivity index (χ3n) is 8.37. The highest BCUT2D eigenvalue weighted by Crippen LogP contribution is 2.34. The summed E-state index contributed by atoms with van der Waals surface area (Å²) in [6.07, 6.45) is 10.5. The molecule has 1 aliphatic carbocycles. The summed E-state index contributed by atoms with van der Waals surface area (Å²) in [5.74, 6) is 6.29. The first-order valence-corrected chi connectivity index (χ1v) is 14.7. The SMILES string of the molecule is CCC1=CC=C(c2ccc(C(=O)N3CCN(C4CCOCC4)CC3)c(F)c2)C(C#Cc2ccc(N)nc2)=C(CC)C1. The van der Waals surface area contributed by atoms with Gasteiger partial charge in [-0.25, -0.2) is 9.37 Å². The number of ether oxygens (including phenoxy) is 1. The number of allylic oxidation sites excluding steroid dienone is 6. The molecule has 0 atom stereocenters. The van der Waals surface area contributed by atoms with Crippen LogP contribution in [0.5, 0.6) is 0 Å². The van der Waals surface area contributed by atoms with Crippen LogP contribution in [-0.2, 0) is 4.74 Å². The molecule has 2 aliphatic heterocycles. The Morgan fingerprint density at radius 2 is 1.83 bits per heavy atom. The van der Waals surface area contributed by atoms with Gasteiger partial charge in [0.2, 0.25) is 0 Å². The van der Waals surface area contributed by atoms with Crippen LogP contribution in [-0.4, -0.2) is 66.1 Å². The van der Waals surface area contributed by atoms with Crippen LogP contribution < -0.4 is 5.73 Å². The van der Waals surface area contributed by atoms with Crippen LogP contribution in [0, 0.1) is 17.7 Å². The van der Waals surface area contributed by atoms with Crippen molar-refractivity contribution in [3.05, 3.63) is 87.9 Å². The van der Waals surface area contributed by atoms with E-state index in [1.807, 2.05) is 18.2 Å². The van der Waals surface area contributed by atoms with E-state index in [9.17, 15) is 4.79 Å². The fourth-order valence-corrected chi connectivity index (χ4v) is 5.82. The van der Waals surface area contributed by atoms with Gasteiger partial charge < -0.3 is 15.4 Å². The van der Waals surface area contributed by atoms with Gasteiger partial charge >= 0.3 is 0 Å². The summed E-state index contributed by atoms with van der Waals surface area (Å²) in [5.41, 5.74) is 11.6. The largest absolute Gasteiger partial charge is 0.384 e. The van der Waals surface area contributed by atoms with Crippen molar-refractivity contribution in [3.63, 3.8) is 0 Å². The normalized spacial score (nSPS) is 18.8. The van der Waals surface area contributed by atoms with Gasteiger partial charge in [0.15, 0.2) is 0 Å². The number of nitrogens with zero attached hydrogens (tertiary/aromatic N) is 3. The van der Waals surface area contributed by atoms with Crippen LogP contribution >= 0.6 is 0 Å². The van der Waals surface area contributed by atoms with Gasteiger partial charge in [-0.3, -0.25) is 9.69 Å². The first kappa shape index (κ1) is 28.8. The molecule has 0 saturated carbocycles. The number of halogens is 1. The van der Waals surface area contributed by atoms with Crippen molar-refractivity contribution in [2.45, 2.75) is 52.0 Å². The van der Waals surface area contributed by atoms with Gasteiger partial charge in [0.1, 0.15) is 11.6 Å². The van der Waals surface area contributed by atoms with Crippen LogP contribution in [0.3, 0.4) is 0 Å². The molecule has 0 spiro atoms. The summed E-state index contributed by atoms with van der Waals surface area (Å²) < 4.78 is 21.1. The van der Waals surface area contributed by atoms with E-state index in [1.165, 1.54) is 17.2 Å². The highest BCUT2D eigenvalue weighted by molar-refractivity contribution is 5.95. The Bertz CT molecular complexity index is 1420. The van der Waals surface area contributed by atoms with Crippen molar-refractivity contribution in [2.24, 2.45) is 0 Å². The quantitative estimate of drug-likeness (QED) is 0.486. The third-order valence-corrected chi connectivity index (χ3v) is 8.37. The first-order valence-electron chi connectivity index (χ1n) is 14.7. The van der Waals surface area contributed by atoms with Gasteiger partial charge in [0.25, 0.3) is 5.91 Å². The van der Waals surface area contributed by atoms with Gasteiger partial charge in [-0.05, 0) is 67.5 Å². The molecule has 5 rings (SSSR count). The van der Waals surface area contributed by atoms with Gasteiger partial charge in [-0.1, -0.05) is 55.1 Å². The Hall–Kier alpha value is -3.73. The smallest absolute Gasteiger partial charge is 0.256 e. The van der Waals surface area contributed by atoms with Crippen LogP contribution in [0.2, 0.25) is 0 Å². The molecule has 0 unspecified atom stereocenters. The number of hydrogen-bond donors (Lipinski definition) is 1. The zero-order chi connectivity index (χ0) is 28.8. The summed E-state index contributed by atoms with van der Waals surface area (Å²) in [4.78, 5) is 21.7. The number of carbonyl (C=O) groups excluding carboxylic acids is 1. The molecule has 2 fully saturated rings. The molecule has 3 heterocycles. The topological polar surface area (TPSA) is 71.7 Å². The lowest BCUT2D eigenvalue weighted by molar-refractivity contribution is 0.0136. The molecule has 1 aromatic carbocycles. The van der Waals surface area contributed by atoms with Gasteiger partial charge in [-0.15, -0.1) is 0 Å². The number of nitrogens with two attached hydrogens (primary N) is 1. The lowest BCUT2D eigenvalue weighted by atomic mass is 9.91. The second-order valence-corrected chi connectivity index (χ2v) is 10.9. The average Bonchev–Trinajstić information content (AvgIpc) is 3.20. The maximum atomic E-state index is 15.6. The third kappa shape index (κ3) is 6.78. The number of anilines is 1. The molecule has 1 aromatic heterocycles. The minimum absolute atomic E-state index is 0.118. The Labute approximate surface area is 242 Å². The highest BCUT2D eigenvalue weighted by atomic mass is 19.1. The molecule has 2 N–H and O–H groups in total. The summed E-state index contributed by atoms with van der Waals surface area (Å²) >= 11 is 0. The van der Waals surface area contributed by atoms with Crippen molar-refractivity contribution < 1.29 is 13.9 Å². The van der Waals surface area contributed by atoms with Gasteiger partial charge in [0.05, 0.1) is 5.56 Å². The van der Waals surface area contributed by atoms with E-state index < -0.39 is 5.82 Å². The molecule has 1 amide bonds. The Balaban J connectivity index is 1.39. The number of nitrogen functional groups attached to an aromatic ring is 1. The average molecular weight is 555 g/mol. The zero-order valence-corrected chi connectivity index (χ0v) is 24.1. The maximum Gasteiger partial charge on any atom is 0.256 e. The highest BCUT2D eigenvalue weighted by Gasteiger charge is 2.29. The molecule has 0 bridgehead atoms. The van der Waals surface area contributed by atoms with E-state index in [4.69, 9.17) is 10.5 Å². The molecule has 2 aromatic rings. The molecule has 7 heteroatoms. The predicted molar refractivity (Wildman–Crippen MR) is 162 cm³/mol. The van der Waals surface area contributed by atoms with Crippen molar-refractivity contribution in [1.82, 2.24) is 14.8 Å². The summed E-state index contributed by atoms with van der Waals surface area (Å²) in [7, 11) is 0. The monoisotopic (exact) mass is 554 g/mol. The van der Waals surface area contributed by atoms with E-state index in [1.54, 1.807) is 23.2 Å². The number of pyridine rings is 1. The van der Waals surface area contributed by atoms with Crippen LogP contribution in [0.25, 0.3) is 5.57 Å². The summed E-state index contributed by atoms with van der Waals surface area (Å²) in [5, 5.41) is 0. The molecular formula is C34H39FN4O2. The first-order chi connectivity index (χ1) is 20.0. The molecule has 0 radical (unpaired) electrons. The predicted octanol–water partition coefficient (Wildman–Crippen LogP) is 5.62. The molecular weight excluding hydrogens is 515 g/mol. The Morgan fingerprint density at radius 1 is 1.05 bits per heavy atom. The fraction of sp³-hybridized carbons (Fsp3) is 0.412. The lowest BCUT2D eigenvalue weighted by Gasteiger charge is -2.40. The number of aromatic nitrogens is 1. The fourth-order valence-electron chi connectivity index (χ4n) is 5.82. The van der Waals surface area contributed by atoms with E-state index in [0.717, 1.165) is 75.1 Å². The van der Waals surface area contributed by atoms with Crippen molar-refractivity contribution in [2.75, 3.05) is 45.1 Å².